The van der Waals surface area contributed by atoms with Crippen molar-refractivity contribution in [2.24, 2.45) is 0 Å². The van der Waals surface area contributed by atoms with Crippen molar-refractivity contribution in [3.63, 3.8) is 0 Å². The van der Waals surface area contributed by atoms with Crippen molar-refractivity contribution in [2.45, 2.75) is 38.1 Å². The molecule has 0 aliphatic heterocycles. The minimum Gasteiger partial charge on any atom is -0.367 e. The van der Waals surface area contributed by atoms with Gasteiger partial charge in [-0.3, -0.25) is 0 Å². The number of nitrogens with one attached hydrogen (secondary N) is 1. The van der Waals surface area contributed by atoms with E-state index in [1.165, 1.54) is 32.1 Å². The summed E-state index contributed by atoms with van der Waals surface area (Å²) in [4.78, 5) is 8.26. The predicted molar refractivity (Wildman–Crippen MR) is 60.2 cm³/mol. The van der Waals surface area contributed by atoms with Crippen LogP contribution in [-0.4, -0.2) is 16.0 Å². The first-order valence-electron chi connectivity index (χ1n) is 5.10. The molecule has 4 heteroatoms. The van der Waals surface area contributed by atoms with Crippen molar-refractivity contribution in [1.29, 1.82) is 0 Å². The maximum absolute atomic E-state index is 4.26. The summed E-state index contributed by atoms with van der Waals surface area (Å²) in [6.45, 7) is 0. The average molecular weight is 256 g/mol. The van der Waals surface area contributed by atoms with Crippen LogP contribution in [0.1, 0.15) is 32.1 Å². The maximum atomic E-state index is 4.26. The Bertz CT molecular complexity index is 297. The molecule has 1 saturated carbocycles. The normalized spacial score (nSPS) is 18.1. The molecule has 1 N–H and O–H groups in total. The van der Waals surface area contributed by atoms with Crippen LogP contribution < -0.4 is 5.32 Å². The molecule has 0 aromatic carbocycles. The summed E-state index contributed by atoms with van der Waals surface area (Å²) >= 11 is 3.26. The van der Waals surface area contributed by atoms with Gasteiger partial charge in [0.05, 0.1) is 0 Å². The number of nitrogens with zero attached hydrogens (tertiary/aromatic N) is 2. The van der Waals surface area contributed by atoms with Gasteiger partial charge in [-0.2, -0.15) is 0 Å². The highest BCUT2D eigenvalue weighted by molar-refractivity contribution is 9.10. The zero-order chi connectivity index (χ0) is 9.80. The van der Waals surface area contributed by atoms with E-state index < -0.39 is 0 Å². The van der Waals surface area contributed by atoms with Crippen LogP contribution in [0.2, 0.25) is 0 Å². The van der Waals surface area contributed by atoms with Crippen molar-refractivity contribution in [3.05, 3.63) is 17.0 Å². The fourth-order valence-corrected chi connectivity index (χ4v) is 2.18. The largest absolute Gasteiger partial charge is 0.367 e. The minimum atomic E-state index is 0.602. The van der Waals surface area contributed by atoms with Crippen molar-refractivity contribution >= 4 is 21.7 Å². The standard InChI is InChI=1S/C10H14BrN3/c11-10-12-7-6-9(14-10)13-8-4-2-1-3-5-8/h6-8H,1-5H2,(H,12,13,14). The first-order chi connectivity index (χ1) is 6.84. The number of hydrogen-bond donors (Lipinski definition) is 1. The van der Waals surface area contributed by atoms with Gasteiger partial charge in [0.2, 0.25) is 0 Å². The number of halogens is 1. The average Bonchev–Trinajstić information content (AvgIpc) is 2.19. The summed E-state index contributed by atoms with van der Waals surface area (Å²) < 4.78 is 0.651. The Kier molecular flexibility index (Phi) is 3.35. The zero-order valence-electron chi connectivity index (χ0n) is 8.04. The maximum Gasteiger partial charge on any atom is 0.198 e. The molecule has 0 spiro atoms. The summed E-state index contributed by atoms with van der Waals surface area (Å²) in [5.41, 5.74) is 0. The van der Waals surface area contributed by atoms with Gasteiger partial charge in [-0.15, -0.1) is 0 Å². The number of hydrogen-bond acceptors (Lipinski definition) is 3. The first kappa shape index (κ1) is 9.90. The molecule has 1 aliphatic rings. The molecule has 0 radical (unpaired) electrons. The zero-order valence-corrected chi connectivity index (χ0v) is 9.63. The van der Waals surface area contributed by atoms with Gasteiger partial charge in [0, 0.05) is 12.2 Å². The van der Waals surface area contributed by atoms with Crippen molar-refractivity contribution in [2.75, 3.05) is 5.32 Å². The Labute approximate surface area is 92.5 Å². The molecule has 0 amide bonds. The molecular formula is C10H14BrN3. The molecule has 0 unspecified atom stereocenters. The SMILES string of the molecule is Brc1nccc(NC2CCCCC2)n1. The lowest BCUT2D eigenvalue weighted by Gasteiger charge is -2.23. The second kappa shape index (κ2) is 4.73. The highest BCUT2D eigenvalue weighted by atomic mass is 79.9. The monoisotopic (exact) mass is 255 g/mol. The third-order valence-electron chi connectivity index (χ3n) is 2.58. The fraction of sp³-hybridized carbons (Fsp3) is 0.600. The summed E-state index contributed by atoms with van der Waals surface area (Å²) in [5, 5.41) is 3.44. The van der Waals surface area contributed by atoms with Crippen LogP contribution in [0.4, 0.5) is 5.82 Å². The number of aromatic nitrogens is 2. The van der Waals surface area contributed by atoms with Crippen LogP contribution in [0.25, 0.3) is 0 Å². The molecule has 1 aromatic rings. The van der Waals surface area contributed by atoms with Gasteiger partial charge < -0.3 is 5.32 Å². The Morgan fingerprint density at radius 2 is 2.07 bits per heavy atom. The summed E-state index contributed by atoms with van der Waals surface area (Å²) in [6.07, 6.45) is 8.35. The molecule has 1 aliphatic carbocycles. The summed E-state index contributed by atoms with van der Waals surface area (Å²) in [7, 11) is 0. The fourth-order valence-electron chi connectivity index (χ4n) is 1.87. The minimum absolute atomic E-state index is 0.602. The lowest BCUT2D eigenvalue weighted by atomic mass is 9.95. The van der Waals surface area contributed by atoms with Gasteiger partial charge in [-0.25, -0.2) is 9.97 Å². The second-order valence-corrected chi connectivity index (χ2v) is 4.40. The molecule has 0 saturated heterocycles. The Morgan fingerprint density at radius 1 is 1.29 bits per heavy atom. The third kappa shape index (κ3) is 2.67. The molecule has 0 bridgehead atoms. The topological polar surface area (TPSA) is 37.8 Å². The molecule has 1 aromatic heterocycles. The molecule has 3 nitrogen and oxygen atoms in total. The van der Waals surface area contributed by atoms with Gasteiger partial charge in [-0.05, 0) is 34.8 Å². The van der Waals surface area contributed by atoms with Crippen LogP contribution in [0.3, 0.4) is 0 Å². The third-order valence-corrected chi connectivity index (χ3v) is 2.97. The van der Waals surface area contributed by atoms with Crippen LogP contribution in [0.15, 0.2) is 17.0 Å². The van der Waals surface area contributed by atoms with Crippen LogP contribution in [-0.2, 0) is 0 Å². The molecule has 14 heavy (non-hydrogen) atoms. The highest BCUT2D eigenvalue weighted by Crippen LogP contribution is 2.20. The first-order valence-corrected chi connectivity index (χ1v) is 5.89. The van der Waals surface area contributed by atoms with Gasteiger partial charge >= 0.3 is 0 Å². The van der Waals surface area contributed by atoms with Crippen molar-refractivity contribution in [1.82, 2.24) is 9.97 Å². The highest BCUT2D eigenvalue weighted by Gasteiger charge is 2.13. The van der Waals surface area contributed by atoms with E-state index in [0.29, 0.717) is 10.8 Å². The van der Waals surface area contributed by atoms with Gasteiger partial charge in [-0.1, -0.05) is 19.3 Å². The van der Waals surface area contributed by atoms with Crippen molar-refractivity contribution in [3.8, 4) is 0 Å². The molecule has 2 rings (SSSR count). The van der Waals surface area contributed by atoms with Crippen LogP contribution in [0.5, 0.6) is 0 Å². The van der Waals surface area contributed by atoms with E-state index in [1.807, 2.05) is 6.07 Å². The van der Waals surface area contributed by atoms with Gasteiger partial charge in [0.1, 0.15) is 5.82 Å². The van der Waals surface area contributed by atoms with E-state index in [-0.39, 0.29) is 0 Å². The predicted octanol–water partition coefficient (Wildman–Crippen LogP) is 2.98. The number of anilines is 1. The Balaban J connectivity index is 1.95. The van der Waals surface area contributed by atoms with E-state index in [2.05, 4.69) is 31.2 Å². The Hall–Kier alpha value is -0.640. The van der Waals surface area contributed by atoms with Gasteiger partial charge in [0.15, 0.2) is 4.73 Å². The molecule has 0 atom stereocenters. The van der Waals surface area contributed by atoms with E-state index in [9.17, 15) is 0 Å². The molecule has 76 valence electrons. The molecule has 1 fully saturated rings. The van der Waals surface area contributed by atoms with E-state index >= 15 is 0 Å². The second-order valence-electron chi connectivity index (χ2n) is 3.69. The van der Waals surface area contributed by atoms with Crippen LogP contribution in [0, 0.1) is 0 Å². The van der Waals surface area contributed by atoms with E-state index in [1.54, 1.807) is 6.20 Å². The number of rotatable bonds is 2. The van der Waals surface area contributed by atoms with E-state index in [4.69, 9.17) is 0 Å². The molecule has 1 heterocycles. The summed E-state index contributed by atoms with van der Waals surface area (Å²) in [5.74, 6) is 0.929. The lowest BCUT2D eigenvalue weighted by Crippen LogP contribution is -2.22. The van der Waals surface area contributed by atoms with E-state index in [0.717, 1.165) is 5.82 Å². The Morgan fingerprint density at radius 3 is 2.79 bits per heavy atom. The van der Waals surface area contributed by atoms with Crippen LogP contribution >= 0.6 is 15.9 Å². The van der Waals surface area contributed by atoms with Crippen molar-refractivity contribution < 1.29 is 0 Å². The quantitative estimate of drug-likeness (QED) is 0.826. The summed E-state index contributed by atoms with van der Waals surface area (Å²) in [6, 6.07) is 2.52. The smallest absolute Gasteiger partial charge is 0.198 e. The lowest BCUT2D eigenvalue weighted by molar-refractivity contribution is 0.461. The van der Waals surface area contributed by atoms with Gasteiger partial charge in [0.25, 0.3) is 0 Å². The molecular weight excluding hydrogens is 242 g/mol.